The molecule has 0 fully saturated rings. The summed E-state index contributed by atoms with van der Waals surface area (Å²) in [6, 6.07) is 5.74. The Morgan fingerprint density at radius 1 is 1.16 bits per heavy atom. The molecule has 0 saturated heterocycles. The lowest BCUT2D eigenvalue weighted by Gasteiger charge is -2.10. The van der Waals surface area contributed by atoms with E-state index in [0.717, 1.165) is 35.9 Å². The Hall–Kier alpha value is -2.01. The molecule has 0 unspecified atom stereocenters. The first-order chi connectivity index (χ1) is 9.28. The van der Waals surface area contributed by atoms with Gasteiger partial charge in [-0.25, -0.2) is 4.98 Å². The molecule has 2 aromatic rings. The fourth-order valence-corrected chi connectivity index (χ4v) is 1.95. The van der Waals surface area contributed by atoms with E-state index < -0.39 is 0 Å². The number of aryl methyl sites for hydroxylation is 1. The zero-order valence-electron chi connectivity index (χ0n) is 11.3. The molecule has 0 saturated carbocycles. The van der Waals surface area contributed by atoms with Gasteiger partial charge in [-0.15, -0.1) is 0 Å². The van der Waals surface area contributed by atoms with E-state index in [1.54, 1.807) is 20.4 Å². The van der Waals surface area contributed by atoms with Crippen LogP contribution in [0.5, 0.6) is 11.5 Å². The van der Waals surface area contributed by atoms with E-state index >= 15 is 0 Å². The predicted octanol–water partition coefficient (Wildman–Crippen LogP) is 1.92. The smallest absolute Gasteiger partial charge is 0.140 e. The molecule has 0 radical (unpaired) electrons. The minimum Gasteiger partial charge on any atom is -0.497 e. The summed E-state index contributed by atoms with van der Waals surface area (Å²) in [7, 11) is 3.28. The van der Waals surface area contributed by atoms with E-state index in [9.17, 15) is 0 Å². The average molecular weight is 261 g/mol. The number of methoxy groups -OCH3 is 2. The second-order valence-corrected chi connectivity index (χ2v) is 4.19. The first-order valence-electron chi connectivity index (χ1n) is 6.23. The number of imidazole rings is 1. The van der Waals surface area contributed by atoms with Crippen LogP contribution in [0.25, 0.3) is 11.4 Å². The third-order valence-electron chi connectivity index (χ3n) is 2.93. The molecule has 0 aliphatic carbocycles. The zero-order valence-corrected chi connectivity index (χ0v) is 11.3. The quantitative estimate of drug-likeness (QED) is 0.863. The van der Waals surface area contributed by atoms with Gasteiger partial charge in [-0.3, -0.25) is 0 Å². The lowest BCUT2D eigenvalue weighted by molar-refractivity contribution is 0.394. The Bertz CT molecular complexity index is 515. The normalized spacial score (nSPS) is 10.5. The van der Waals surface area contributed by atoms with Crippen LogP contribution in [0.4, 0.5) is 0 Å². The van der Waals surface area contributed by atoms with Crippen LogP contribution in [0, 0.1) is 0 Å². The van der Waals surface area contributed by atoms with Gasteiger partial charge in [0.25, 0.3) is 0 Å². The molecule has 0 amide bonds. The standard InChI is InChI=1S/C14H19N3O2/c1-18-12-8-11(9-13(10-12)19-2)14-16-5-7-17(14)6-3-4-15/h5,7-10H,3-4,6,15H2,1-2H3. The maximum absolute atomic E-state index is 5.55. The van der Waals surface area contributed by atoms with Crippen molar-refractivity contribution in [3.05, 3.63) is 30.6 Å². The molecule has 2 rings (SSSR count). The molecule has 0 aliphatic rings. The van der Waals surface area contributed by atoms with Gasteiger partial charge in [-0.1, -0.05) is 0 Å². The SMILES string of the molecule is COc1cc(OC)cc(-c2nccn2CCCN)c1. The molecule has 0 aliphatic heterocycles. The van der Waals surface area contributed by atoms with Crippen molar-refractivity contribution in [1.29, 1.82) is 0 Å². The Balaban J connectivity index is 2.37. The van der Waals surface area contributed by atoms with E-state index in [4.69, 9.17) is 15.2 Å². The Morgan fingerprint density at radius 3 is 2.42 bits per heavy atom. The summed E-state index contributed by atoms with van der Waals surface area (Å²) in [5.74, 6) is 2.40. The molecule has 1 heterocycles. The van der Waals surface area contributed by atoms with Crippen LogP contribution >= 0.6 is 0 Å². The second-order valence-electron chi connectivity index (χ2n) is 4.19. The van der Waals surface area contributed by atoms with E-state index in [1.807, 2.05) is 24.4 Å². The zero-order chi connectivity index (χ0) is 13.7. The van der Waals surface area contributed by atoms with Crippen LogP contribution in [-0.4, -0.2) is 30.3 Å². The van der Waals surface area contributed by atoms with Crippen molar-refractivity contribution in [3.63, 3.8) is 0 Å². The van der Waals surface area contributed by atoms with Gasteiger partial charge < -0.3 is 19.8 Å². The van der Waals surface area contributed by atoms with Crippen molar-refractivity contribution in [2.75, 3.05) is 20.8 Å². The molecule has 102 valence electrons. The number of ether oxygens (including phenoxy) is 2. The topological polar surface area (TPSA) is 62.3 Å². The highest BCUT2D eigenvalue weighted by Crippen LogP contribution is 2.28. The minimum atomic E-state index is 0.666. The molecule has 5 heteroatoms. The highest BCUT2D eigenvalue weighted by atomic mass is 16.5. The summed E-state index contributed by atoms with van der Waals surface area (Å²) < 4.78 is 12.6. The number of benzene rings is 1. The van der Waals surface area contributed by atoms with Gasteiger partial charge >= 0.3 is 0 Å². The van der Waals surface area contributed by atoms with E-state index in [2.05, 4.69) is 9.55 Å². The summed E-state index contributed by atoms with van der Waals surface area (Å²) in [6.07, 6.45) is 4.67. The maximum Gasteiger partial charge on any atom is 0.140 e. The van der Waals surface area contributed by atoms with Crippen LogP contribution in [0.15, 0.2) is 30.6 Å². The fourth-order valence-electron chi connectivity index (χ4n) is 1.95. The van der Waals surface area contributed by atoms with Gasteiger partial charge in [-0.05, 0) is 25.1 Å². The van der Waals surface area contributed by atoms with E-state index in [0.29, 0.717) is 6.54 Å². The molecule has 19 heavy (non-hydrogen) atoms. The number of hydrogen-bond acceptors (Lipinski definition) is 4. The van der Waals surface area contributed by atoms with Gasteiger partial charge in [0.05, 0.1) is 14.2 Å². The molecule has 1 aromatic heterocycles. The summed E-state index contributed by atoms with van der Waals surface area (Å²) >= 11 is 0. The Morgan fingerprint density at radius 2 is 1.84 bits per heavy atom. The third-order valence-corrected chi connectivity index (χ3v) is 2.93. The van der Waals surface area contributed by atoms with Gasteiger partial charge in [0.1, 0.15) is 17.3 Å². The number of nitrogens with two attached hydrogens (primary N) is 1. The molecule has 0 bridgehead atoms. The lowest BCUT2D eigenvalue weighted by atomic mass is 10.2. The van der Waals surface area contributed by atoms with Gasteiger partial charge in [0, 0.05) is 30.6 Å². The van der Waals surface area contributed by atoms with Gasteiger partial charge in [0.2, 0.25) is 0 Å². The summed E-state index contributed by atoms with van der Waals surface area (Å²) in [5, 5.41) is 0. The number of hydrogen-bond donors (Lipinski definition) is 1. The van der Waals surface area contributed by atoms with Crippen molar-refractivity contribution in [2.45, 2.75) is 13.0 Å². The van der Waals surface area contributed by atoms with Crippen LogP contribution < -0.4 is 15.2 Å². The predicted molar refractivity (Wildman–Crippen MR) is 74.4 cm³/mol. The van der Waals surface area contributed by atoms with Crippen molar-refractivity contribution >= 4 is 0 Å². The molecule has 2 N–H and O–H groups in total. The highest BCUT2D eigenvalue weighted by molar-refractivity contribution is 5.61. The van der Waals surface area contributed by atoms with E-state index in [1.165, 1.54) is 0 Å². The summed E-state index contributed by atoms with van der Waals surface area (Å²) in [5.41, 5.74) is 6.52. The van der Waals surface area contributed by atoms with Crippen LogP contribution in [0.2, 0.25) is 0 Å². The first-order valence-corrected chi connectivity index (χ1v) is 6.23. The van der Waals surface area contributed by atoms with Gasteiger partial charge in [0.15, 0.2) is 0 Å². The molecule has 5 nitrogen and oxygen atoms in total. The maximum atomic E-state index is 5.55. The second kappa shape index (κ2) is 6.24. The Labute approximate surface area is 113 Å². The minimum absolute atomic E-state index is 0.666. The molecule has 1 aromatic carbocycles. The number of nitrogens with zero attached hydrogens (tertiary/aromatic N) is 2. The monoisotopic (exact) mass is 261 g/mol. The first kappa shape index (κ1) is 13.4. The molecular weight excluding hydrogens is 242 g/mol. The molecule has 0 atom stereocenters. The largest absolute Gasteiger partial charge is 0.497 e. The third kappa shape index (κ3) is 3.06. The van der Waals surface area contributed by atoms with Crippen LogP contribution in [0.3, 0.4) is 0 Å². The summed E-state index contributed by atoms with van der Waals surface area (Å²) in [6.45, 7) is 1.52. The van der Waals surface area contributed by atoms with E-state index in [-0.39, 0.29) is 0 Å². The molecular formula is C14H19N3O2. The average Bonchev–Trinajstić information content (AvgIpc) is 2.92. The van der Waals surface area contributed by atoms with Crippen molar-refractivity contribution in [1.82, 2.24) is 9.55 Å². The van der Waals surface area contributed by atoms with Crippen LogP contribution in [0.1, 0.15) is 6.42 Å². The highest BCUT2D eigenvalue weighted by Gasteiger charge is 2.09. The lowest BCUT2D eigenvalue weighted by Crippen LogP contribution is -2.06. The van der Waals surface area contributed by atoms with Crippen molar-refractivity contribution in [2.24, 2.45) is 5.73 Å². The van der Waals surface area contributed by atoms with Crippen molar-refractivity contribution in [3.8, 4) is 22.9 Å². The Kier molecular flexibility index (Phi) is 4.41. The number of aromatic nitrogens is 2. The van der Waals surface area contributed by atoms with Crippen LogP contribution in [-0.2, 0) is 6.54 Å². The number of rotatable bonds is 6. The summed E-state index contributed by atoms with van der Waals surface area (Å²) in [4.78, 5) is 4.40. The molecule has 0 spiro atoms. The van der Waals surface area contributed by atoms with Crippen molar-refractivity contribution < 1.29 is 9.47 Å². The fraction of sp³-hybridized carbons (Fsp3) is 0.357. The van der Waals surface area contributed by atoms with Gasteiger partial charge in [-0.2, -0.15) is 0 Å².